The lowest BCUT2D eigenvalue weighted by Crippen LogP contribution is -2.04. The number of aromatic nitrogens is 2. The molecule has 0 aliphatic heterocycles. The van der Waals surface area contributed by atoms with Gasteiger partial charge in [-0.1, -0.05) is 54.1 Å². The first-order valence-corrected chi connectivity index (χ1v) is 10.6. The zero-order chi connectivity index (χ0) is 21.1. The monoisotopic (exact) mass is 418 g/mol. The topological polar surface area (TPSA) is 96.9 Å². The second-order valence-electron chi connectivity index (χ2n) is 6.58. The van der Waals surface area contributed by atoms with Gasteiger partial charge in [0.25, 0.3) is 0 Å². The van der Waals surface area contributed by atoms with Crippen LogP contribution in [0.15, 0.2) is 105 Å². The lowest BCUT2D eigenvalue weighted by atomic mass is 10.2. The summed E-state index contributed by atoms with van der Waals surface area (Å²) in [6.45, 7) is 1.96. The molecule has 0 saturated carbocycles. The van der Waals surface area contributed by atoms with Crippen LogP contribution >= 0.6 is 0 Å². The van der Waals surface area contributed by atoms with E-state index in [2.05, 4.69) is 15.3 Å². The van der Waals surface area contributed by atoms with Gasteiger partial charge < -0.3 is 5.11 Å². The highest BCUT2D eigenvalue weighted by Crippen LogP contribution is 2.38. The van der Waals surface area contributed by atoms with E-state index in [1.54, 1.807) is 54.6 Å². The molecule has 1 heterocycles. The third kappa shape index (κ3) is 3.72. The molecule has 0 bridgehead atoms. The molecular formula is C22H18N4O3S. The van der Waals surface area contributed by atoms with Crippen LogP contribution in [-0.4, -0.2) is 23.3 Å². The van der Waals surface area contributed by atoms with E-state index >= 15 is 0 Å². The third-order valence-corrected chi connectivity index (χ3v) is 6.09. The number of hydrogen-bond donors (Lipinski definition) is 1. The Kier molecular flexibility index (Phi) is 5.16. The molecule has 150 valence electrons. The van der Waals surface area contributed by atoms with E-state index in [1.165, 1.54) is 16.8 Å². The van der Waals surface area contributed by atoms with E-state index in [-0.39, 0.29) is 10.7 Å². The summed E-state index contributed by atoms with van der Waals surface area (Å²) < 4.78 is 27.4. The molecule has 0 unspecified atom stereocenters. The fourth-order valence-electron chi connectivity index (χ4n) is 2.83. The van der Waals surface area contributed by atoms with Crippen LogP contribution < -0.4 is 0 Å². The Morgan fingerprint density at radius 2 is 1.43 bits per heavy atom. The molecule has 0 aliphatic carbocycles. The normalized spacial score (nSPS) is 11.8. The van der Waals surface area contributed by atoms with E-state index < -0.39 is 20.6 Å². The lowest BCUT2D eigenvalue weighted by molar-refractivity contribution is 0.459. The van der Waals surface area contributed by atoms with Crippen LogP contribution in [0.4, 0.5) is 11.5 Å². The summed E-state index contributed by atoms with van der Waals surface area (Å²) in [5.74, 6) is -0.630. The maximum atomic E-state index is 13.1. The van der Waals surface area contributed by atoms with Crippen molar-refractivity contribution in [3.63, 3.8) is 0 Å². The summed E-state index contributed by atoms with van der Waals surface area (Å²) >= 11 is 0. The van der Waals surface area contributed by atoms with E-state index in [9.17, 15) is 13.5 Å². The molecule has 0 saturated heterocycles. The number of aryl methyl sites for hydroxylation is 1. The molecule has 4 rings (SSSR count). The quantitative estimate of drug-likeness (QED) is 0.454. The van der Waals surface area contributed by atoms with Crippen LogP contribution in [0.3, 0.4) is 0 Å². The maximum absolute atomic E-state index is 13.1. The molecule has 0 spiro atoms. The van der Waals surface area contributed by atoms with Crippen molar-refractivity contribution in [3.8, 4) is 11.4 Å². The van der Waals surface area contributed by atoms with Crippen molar-refractivity contribution in [2.45, 2.75) is 16.8 Å². The van der Waals surface area contributed by atoms with Gasteiger partial charge in [-0.15, -0.1) is 15.3 Å². The van der Waals surface area contributed by atoms with Crippen molar-refractivity contribution >= 4 is 21.3 Å². The molecule has 0 radical (unpaired) electrons. The molecular weight excluding hydrogens is 400 g/mol. The largest absolute Gasteiger partial charge is 0.502 e. The number of azo groups is 1. The van der Waals surface area contributed by atoms with Gasteiger partial charge in [-0.05, 0) is 43.3 Å². The van der Waals surface area contributed by atoms with Crippen LogP contribution in [0.1, 0.15) is 5.56 Å². The predicted molar refractivity (Wildman–Crippen MR) is 112 cm³/mol. The van der Waals surface area contributed by atoms with Gasteiger partial charge >= 0.3 is 0 Å². The molecule has 7 nitrogen and oxygen atoms in total. The SMILES string of the molecule is Cc1ccc(N=Nc2c(O)c(S(=O)(=O)c3ccccc3)nn2-c2ccccc2)cc1. The number of benzene rings is 3. The Morgan fingerprint density at radius 3 is 2.07 bits per heavy atom. The molecule has 8 heteroatoms. The van der Waals surface area contributed by atoms with Crippen LogP contribution in [0.2, 0.25) is 0 Å². The smallest absolute Gasteiger partial charge is 0.229 e. The zero-order valence-electron chi connectivity index (χ0n) is 16.0. The Morgan fingerprint density at radius 1 is 0.833 bits per heavy atom. The van der Waals surface area contributed by atoms with Crippen molar-refractivity contribution in [2.75, 3.05) is 0 Å². The van der Waals surface area contributed by atoms with Crippen molar-refractivity contribution in [2.24, 2.45) is 10.2 Å². The van der Waals surface area contributed by atoms with Gasteiger partial charge in [0.05, 0.1) is 16.3 Å². The summed E-state index contributed by atoms with van der Waals surface area (Å²) in [4.78, 5) is 0.0278. The second kappa shape index (κ2) is 7.92. The first-order chi connectivity index (χ1) is 14.5. The average molecular weight is 418 g/mol. The Bertz CT molecular complexity index is 1300. The Hall–Kier alpha value is -3.78. The van der Waals surface area contributed by atoms with Gasteiger partial charge in [0.1, 0.15) is 0 Å². The molecule has 0 amide bonds. The second-order valence-corrected chi connectivity index (χ2v) is 8.44. The zero-order valence-corrected chi connectivity index (χ0v) is 16.9. The van der Waals surface area contributed by atoms with Gasteiger partial charge in [0, 0.05) is 0 Å². The van der Waals surface area contributed by atoms with Crippen molar-refractivity contribution < 1.29 is 13.5 Å². The highest BCUT2D eigenvalue weighted by molar-refractivity contribution is 7.91. The fourth-order valence-corrected chi connectivity index (χ4v) is 4.10. The molecule has 1 aromatic heterocycles. The summed E-state index contributed by atoms with van der Waals surface area (Å²) in [5.41, 5.74) is 2.18. The van der Waals surface area contributed by atoms with Crippen LogP contribution in [0.5, 0.6) is 5.75 Å². The van der Waals surface area contributed by atoms with Gasteiger partial charge in [-0.25, -0.2) is 13.1 Å². The minimum Gasteiger partial charge on any atom is -0.502 e. The molecule has 4 aromatic rings. The predicted octanol–water partition coefficient (Wildman–Crippen LogP) is 5.13. The standard InChI is InChI=1S/C22H18N4O3S/c1-16-12-14-17(15-13-16)23-24-21-20(27)22(25-26(21)18-8-4-2-5-9-18)30(28,29)19-10-6-3-7-11-19/h2-15,27H,1H3. The van der Waals surface area contributed by atoms with E-state index in [1.807, 2.05) is 25.1 Å². The molecule has 0 aliphatic rings. The summed E-state index contributed by atoms with van der Waals surface area (Å²) in [7, 11) is -4.05. The number of rotatable bonds is 5. The first kappa shape index (κ1) is 19.5. The summed E-state index contributed by atoms with van der Waals surface area (Å²) in [6, 6.07) is 24.0. The van der Waals surface area contributed by atoms with Gasteiger partial charge in [0.2, 0.25) is 26.4 Å². The van der Waals surface area contributed by atoms with Crippen LogP contribution in [0, 0.1) is 6.92 Å². The number of para-hydroxylation sites is 1. The van der Waals surface area contributed by atoms with Crippen molar-refractivity contribution in [1.29, 1.82) is 0 Å². The number of aromatic hydroxyl groups is 1. The van der Waals surface area contributed by atoms with Gasteiger partial charge in [0.15, 0.2) is 0 Å². The highest BCUT2D eigenvalue weighted by atomic mass is 32.2. The minimum atomic E-state index is -4.05. The molecule has 0 atom stereocenters. The average Bonchev–Trinajstić information content (AvgIpc) is 3.11. The van der Waals surface area contributed by atoms with Crippen LogP contribution in [-0.2, 0) is 9.84 Å². The van der Waals surface area contributed by atoms with E-state index in [0.717, 1.165) is 5.56 Å². The highest BCUT2D eigenvalue weighted by Gasteiger charge is 2.30. The van der Waals surface area contributed by atoms with Crippen molar-refractivity contribution in [1.82, 2.24) is 9.78 Å². The van der Waals surface area contributed by atoms with E-state index in [0.29, 0.717) is 11.4 Å². The van der Waals surface area contributed by atoms with E-state index in [4.69, 9.17) is 0 Å². The number of sulfone groups is 1. The van der Waals surface area contributed by atoms with Crippen LogP contribution in [0.25, 0.3) is 5.69 Å². The first-order valence-electron chi connectivity index (χ1n) is 9.13. The Balaban J connectivity index is 1.87. The number of nitrogens with zero attached hydrogens (tertiary/aromatic N) is 4. The number of hydrogen-bond acceptors (Lipinski definition) is 6. The fraction of sp³-hybridized carbons (Fsp3) is 0.0455. The lowest BCUT2D eigenvalue weighted by Gasteiger charge is -2.02. The third-order valence-electron chi connectivity index (χ3n) is 4.41. The molecule has 30 heavy (non-hydrogen) atoms. The molecule has 3 aromatic carbocycles. The molecule has 0 fully saturated rings. The molecule has 1 N–H and O–H groups in total. The Labute approximate surface area is 173 Å². The van der Waals surface area contributed by atoms with Gasteiger partial charge in [-0.3, -0.25) is 0 Å². The summed E-state index contributed by atoms with van der Waals surface area (Å²) in [5, 5.41) is 22.7. The van der Waals surface area contributed by atoms with Gasteiger partial charge in [-0.2, -0.15) is 0 Å². The summed E-state index contributed by atoms with van der Waals surface area (Å²) in [6.07, 6.45) is 0. The maximum Gasteiger partial charge on any atom is 0.229 e. The van der Waals surface area contributed by atoms with Crippen molar-refractivity contribution in [3.05, 3.63) is 90.5 Å². The minimum absolute atomic E-state index is 0.0278.